The number of rotatable bonds is 6. The number of benzene rings is 1. The Morgan fingerprint density at radius 3 is 2.46 bits per heavy atom. The van der Waals surface area contributed by atoms with Crippen LogP contribution >= 0.6 is 11.9 Å². The zero-order chi connectivity index (χ0) is 25.2. The molecule has 0 aliphatic carbocycles. The van der Waals surface area contributed by atoms with E-state index in [1.54, 1.807) is 51.2 Å². The number of pyridine rings is 2. The number of nitrogens with one attached hydrogen (secondary N) is 1. The van der Waals surface area contributed by atoms with Crippen LogP contribution in [-0.4, -0.2) is 38.5 Å². The summed E-state index contributed by atoms with van der Waals surface area (Å²) in [6, 6.07) is 15.1. The summed E-state index contributed by atoms with van der Waals surface area (Å²) in [6.45, 7) is 9.60. The molecule has 1 aromatic carbocycles. The molecular formula is C27H26N4O3S. The zero-order valence-corrected chi connectivity index (χ0v) is 20.8. The lowest BCUT2D eigenvalue weighted by Gasteiger charge is -2.20. The third-order valence-corrected chi connectivity index (χ3v) is 6.08. The van der Waals surface area contributed by atoms with Gasteiger partial charge in [-0.05, 0) is 63.1 Å². The summed E-state index contributed by atoms with van der Waals surface area (Å²) in [7, 11) is 1.51. The van der Waals surface area contributed by atoms with Crippen LogP contribution < -0.4 is 5.32 Å². The molecular weight excluding hydrogens is 460 g/mol. The van der Waals surface area contributed by atoms with Gasteiger partial charge in [0.25, 0.3) is 5.91 Å². The topological polar surface area (TPSA) is 86.1 Å². The number of amides is 1. The van der Waals surface area contributed by atoms with Crippen LogP contribution in [0.25, 0.3) is 16.5 Å². The number of carbonyl (C=O) groups is 2. The third kappa shape index (κ3) is 5.44. The Kier molecular flexibility index (Phi) is 6.75. The second-order valence-corrected chi connectivity index (χ2v) is 9.90. The summed E-state index contributed by atoms with van der Waals surface area (Å²) in [5.74, 6) is -0.952. The van der Waals surface area contributed by atoms with Gasteiger partial charge in [0.1, 0.15) is 11.3 Å². The predicted molar refractivity (Wildman–Crippen MR) is 138 cm³/mol. The molecule has 0 unspecified atom stereocenters. The van der Waals surface area contributed by atoms with Crippen molar-refractivity contribution in [1.82, 2.24) is 19.3 Å². The summed E-state index contributed by atoms with van der Waals surface area (Å²) in [5.41, 5.74) is 2.25. The van der Waals surface area contributed by atoms with Gasteiger partial charge >= 0.3 is 5.97 Å². The van der Waals surface area contributed by atoms with Crippen molar-refractivity contribution in [2.24, 2.45) is 0 Å². The molecule has 0 aliphatic heterocycles. The van der Waals surface area contributed by atoms with Crippen molar-refractivity contribution in [2.75, 3.05) is 7.05 Å². The fraction of sp³-hybridized carbons (Fsp3) is 0.185. The molecule has 4 aromatic rings. The molecule has 1 amide bonds. The molecule has 0 fully saturated rings. The van der Waals surface area contributed by atoms with Gasteiger partial charge in [-0.15, -0.1) is 0 Å². The maximum absolute atomic E-state index is 12.8. The van der Waals surface area contributed by atoms with Gasteiger partial charge in [-0.3, -0.25) is 13.8 Å². The highest BCUT2D eigenvalue weighted by Crippen LogP contribution is 2.32. The number of hydrogen-bond donors (Lipinski definition) is 1. The lowest BCUT2D eigenvalue weighted by atomic mass is 10.0. The number of hydrogen-bond acceptors (Lipinski definition) is 6. The molecule has 0 saturated heterocycles. The number of nitrogens with zero attached hydrogens (tertiary/aromatic N) is 3. The van der Waals surface area contributed by atoms with E-state index in [0.29, 0.717) is 11.3 Å². The number of ether oxygens (including phenoxy) is 1. The Labute approximate surface area is 208 Å². The minimum absolute atomic E-state index is 0.101. The summed E-state index contributed by atoms with van der Waals surface area (Å²) in [4.78, 5) is 35.2. The first-order valence-electron chi connectivity index (χ1n) is 11.0. The fourth-order valence-corrected chi connectivity index (χ4v) is 4.34. The summed E-state index contributed by atoms with van der Waals surface area (Å²) >= 11 is 1.58. The minimum Gasteiger partial charge on any atom is -0.456 e. The van der Waals surface area contributed by atoms with Crippen molar-refractivity contribution in [3.05, 3.63) is 96.2 Å². The molecule has 0 saturated carbocycles. The zero-order valence-electron chi connectivity index (χ0n) is 20.0. The molecule has 3 heterocycles. The Morgan fingerprint density at radius 2 is 1.77 bits per heavy atom. The Balaban J connectivity index is 1.75. The van der Waals surface area contributed by atoms with E-state index in [9.17, 15) is 9.59 Å². The van der Waals surface area contributed by atoms with Crippen molar-refractivity contribution in [1.29, 1.82) is 0 Å². The second kappa shape index (κ2) is 9.76. The molecule has 8 heteroatoms. The van der Waals surface area contributed by atoms with Crippen molar-refractivity contribution in [3.8, 4) is 0 Å². The van der Waals surface area contributed by atoms with E-state index in [1.807, 2.05) is 46.6 Å². The van der Waals surface area contributed by atoms with Crippen LogP contribution in [0.4, 0.5) is 0 Å². The molecule has 4 rings (SSSR count). The van der Waals surface area contributed by atoms with Crippen LogP contribution in [0.3, 0.4) is 0 Å². The predicted octanol–water partition coefficient (Wildman–Crippen LogP) is 5.36. The molecule has 178 valence electrons. The minimum atomic E-state index is -0.681. The summed E-state index contributed by atoms with van der Waals surface area (Å²) in [5, 5.41) is 3.49. The Hall–Kier alpha value is -3.91. The first-order valence-corrected chi connectivity index (χ1v) is 11.8. The van der Waals surface area contributed by atoms with Crippen LogP contribution in [-0.2, 0) is 4.74 Å². The average molecular weight is 487 g/mol. The number of esters is 1. The molecule has 0 spiro atoms. The van der Waals surface area contributed by atoms with Gasteiger partial charge in [-0.1, -0.05) is 24.8 Å². The number of fused-ring (bicyclic) bond motifs is 1. The van der Waals surface area contributed by atoms with Gasteiger partial charge in [0.2, 0.25) is 0 Å². The van der Waals surface area contributed by atoms with Crippen LogP contribution in [0.5, 0.6) is 0 Å². The van der Waals surface area contributed by atoms with Gasteiger partial charge in [-0.25, -0.2) is 9.78 Å². The van der Waals surface area contributed by atoms with Gasteiger partial charge in [0, 0.05) is 40.9 Å². The first-order chi connectivity index (χ1) is 16.7. The highest BCUT2D eigenvalue weighted by Gasteiger charge is 2.22. The van der Waals surface area contributed by atoms with E-state index in [1.165, 1.54) is 13.1 Å². The third-order valence-electron chi connectivity index (χ3n) is 5.08. The Morgan fingerprint density at radius 1 is 1.06 bits per heavy atom. The molecule has 0 aliphatic rings. The van der Waals surface area contributed by atoms with Gasteiger partial charge in [-0.2, -0.15) is 0 Å². The standard InChI is InChI=1S/C27H26N4O3S/c1-17(22-13-18(26(33)34-27(2,3)4)14-23(30-22)25(32)28-5)21-15-29-16-24-20(21)11-12-31(24)35-19-9-7-6-8-10-19/h6-16H,1H2,2-5H3,(H,28,32). The number of carbonyl (C=O) groups excluding carboxylic acids is 2. The van der Waals surface area contributed by atoms with Crippen molar-refractivity contribution < 1.29 is 14.3 Å². The largest absolute Gasteiger partial charge is 0.456 e. The van der Waals surface area contributed by atoms with Gasteiger partial charge in [0.05, 0.1) is 23.0 Å². The van der Waals surface area contributed by atoms with Crippen molar-refractivity contribution >= 4 is 40.3 Å². The SMILES string of the molecule is C=C(c1cc(C(=O)OC(C)(C)C)cc(C(=O)NC)n1)c1cncc2c1ccn2Sc1ccccc1. The van der Waals surface area contributed by atoms with Gasteiger partial charge in [0.15, 0.2) is 0 Å². The monoisotopic (exact) mass is 486 g/mol. The second-order valence-electron chi connectivity index (χ2n) is 8.85. The first kappa shape index (κ1) is 24.2. The summed E-state index contributed by atoms with van der Waals surface area (Å²) < 4.78 is 7.55. The van der Waals surface area contributed by atoms with Gasteiger partial charge < -0.3 is 10.1 Å². The highest BCUT2D eigenvalue weighted by molar-refractivity contribution is 7.98. The normalized spacial score (nSPS) is 11.3. The van der Waals surface area contributed by atoms with E-state index >= 15 is 0 Å². The molecule has 35 heavy (non-hydrogen) atoms. The van der Waals surface area contributed by atoms with E-state index in [4.69, 9.17) is 4.74 Å². The maximum Gasteiger partial charge on any atom is 0.338 e. The maximum atomic E-state index is 12.8. The van der Waals surface area contributed by atoms with E-state index in [2.05, 4.69) is 21.9 Å². The summed E-state index contributed by atoms with van der Waals surface area (Å²) in [6.07, 6.45) is 5.48. The van der Waals surface area contributed by atoms with Crippen molar-refractivity contribution in [3.63, 3.8) is 0 Å². The molecule has 1 N–H and O–H groups in total. The van der Waals surface area contributed by atoms with Crippen molar-refractivity contribution in [2.45, 2.75) is 31.3 Å². The van der Waals surface area contributed by atoms with E-state index in [0.717, 1.165) is 21.4 Å². The molecule has 0 bridgehead atoms. The fourth-order valence-electron chi connectivity index (χ4n) is 3.47. The molecule has 7 nitrogen and oxygen atoms in total. The van der Waals surface area contributed by atoms with Crippen LogP contribution in [0.2, 0.25) is 0 Å². The van der Waals surface area contributed by atoms with E-state index in [-0.39, 0.29) is 11.3 Å². The average Bonchev–Trinajstić information content (AvgIpc) is 3.25. The van der Waals surface area contributed by atoms with Crippen LogP contribution in [0, 0.1) is 0 Å². The lowest BCUT2D eigenvalue weighted by molar-refractivity contribution is 0.00693. The highest BCUT2D eigenvalue weighted by atomic mass is 32.2. The molecule has 0 radical (unpaired) electrons. The number of aromatic nitrogens is 3. The van der Waals surface area contributed by atoms with E-state index < -0.39 is 17.5 Å². The quantitative estimate of drug-likeness (QED) is 0.369. The Bertz CT molecular complexity index is 1420. The van der Waals surface area contributed by atoms with Crippen LogP contribution in [0.1, 0.15) is 52.9 Å². The lowest BCUT2D eigenvalue weighted by Crippen LogP contribution is -2.25. The molecule has 0 atom stereocenters. The smallest absolute Gasteiger partial charge is 0.338 e. The van der Waals surface area contributed by atoms with Crippen LogP contribution in [0.15, 0.2) is 78.6 Å². The molecule has 3 aromatic heterocycles.